The van der Waals surface area contributed by atoms with Crippen LogP contribution in [-0.2, 0) is 6.54 Å². The molecule has 4 nitrogen and oxygen atoms in total. The molecule has 6 heteroatoms. The number of nitrogens with zero attached hydrogens (tertiary/aromatic N) is 1. The van der Waals surface area contributed by atoms with Gasteiger partial charge < -0.3 is 10.4 Å². The molecule has 0 aliphatic carbocycles. The molecule has 21 heavy (non-hydrogen) atoms. The van der Waals surface area contributed by atoms with Gasteiger partial charge >= 0.3 is 5.97 Å². The summed E-state index contributed by atoms with van der Waals surface area (Å²) in [5.74, 6) is -0.383. The van der Waals surface area contributed by atoms with Crippen molar-refractivity contribution < 1.29 is 9.90 Å². The Labute approximate surface area is 133 Å². The van der Waals surface area contributed by atoms with E-state index in [-0.39, 0.29) is 5.56 Å². The Kier molecular flexibility index (Phi) is 3.90. The molecule has 0 unspecified atom stereocenters. The fourth-order valence-corrected chi connectivity index (χ4v) is 3.46. The average Bonchev–Trinajstić information content (AvgIpc) is 2.89. The molecule has 0 fully saturated rings. The Bertz CT molecular complexity index is 816. The Morgan fingerprint density at radius 2 is 2.14 bits per heavy atom. The minimum atomic E-state index is -0.949. The fraction of sp³-hybridized carbons (Fsp3) is 0.0667. The molecule has 0 bridgehead atoms. The van der Waals surface area contributed by atoms with E-state index in [2.05, 4.69) is 26.2 Å². The van der Waals surface area contributed by atoms with Crippen LogP contribution in [0.3, 0.4) is 0 Å². The maximum absolute atomic E-state index is 11.4. The van der Waals surface area contributed by atoms with Gasteiger partial charge in [0.1, 0.15) is 5.82 Å². The largest absolute Gasteiger partial charge is 0.478 e. The molecule has 0 atom stereocenters. The highest BCUT2D eigenvalue weighted by atomic mass is 79.9. The number of carboxylic acids is 1. The van der Waals surface area contributed by atoms with E-state index in [4.69, 9.17) is 0 Å². The van der Waals surface area contributed by atoms with Crippen molar-refractivity contribution in [2.24, 2.45) is 0 Å². The van der Waals surface area contributed by atoms with Gasteiger partial charge in [0.25, 0.3) is 0 Å². The standard InChI is InChI=1S/C15H11BrN2O2S/c16-9-5-10(21-8-9)7-17-14-6-12(15(19)20)11-3-1-2-4-13(11)18-14/h1-6,8H,7H2,(H,17,18)(H,19,20). The highest BCUT2D eigenvalue weighted by Gasteiger charge is 2.11. The quantitative estimate of drug-likeness (QED) is 0.723. The van der Waals surface area contributed by atoms with Crippen LogP contribution in [0.4, 0.5) is 5.82 Å². The summed E-state index contributed by atoms with van der Waals surface area (Å²) in [6.07, 6.45) is 0. The summed E-state index contributed by atoms with van der Waals surface area (Å²) in [6, 6.07) is 10.8. The number of halogens is 1. The first-order valence-electron chi connectivity index (χ1n) is 6.23. The molecule has 3 rings (SSSR count). The third-order valence-corrected chi connectivity index (χ3v) is 4.71. The predicted octanol–water partition coefficient (Wildman–Crippen LogP) is 4.37. The van der Waals surface area contributed by atoms with Gasteiger partial charge in [-0.25, -0.2) is 9.78 Å². The molecule has 0 amide bonds. The first-order valence-corrected chi connectivity index (χ1v) is 7.90. The molecule has 0 spiro atoms. The van der Waals surface area contributed by atoms with Crippen molar-refractivity contribution in [2.45, 2.75) is 6.54 Å². The highest BCUT2D eigenvalue weighted by Crippen LogP contribution is 2.23. The van der Waals surface area contributed by atoms with Crippen LogP contribution in [0.5, 0.6) is 0 Å². The fourth-order valence-electron chi connectivity index (χ4n) is 2.07. The molecule has 1 aromatic carbocycles. The maximum Gasteiger partial charge on any atom is 0.336 e. The Hall–Kier alpha value is -1.92. The summed E-state index contributed by atoms with van der Waals surface area (Å²) < 4.78 is 1.04. The second-order valence-corrected chi connectivity index (χ2v) is 6.37. The van der Waals surface area contributed by atoms with Gasteiger partial charge in [-0.2, -0.15) is 0 Å². The molecule has 106 valence electrons. The second kappa shape index (κ2) is 5.83. The van der Waals surface area contributed by atoms with E-state index in [1.165, 1.54) is 0 Å². The lowest BCUT2D eigenvalue weighted by molar-refractivity contribution is 0.0699. The monoisotopic (exact) mass is 362 g/mol. The maximum atomic E-state index is 11.4. The number of carboxylic acid groups (broad SMARTS) is 1. The molecule has 0 aliphatic heterocycles. The van der Waals surface area contributed by atoms with Crippen molar-refractivity contribution >= 4 is 50.0 Å². The van der Waals surface area contributed by atoms with Crippen molar-refractivity contribution in [2.75, 3.05) is 5.32 Å². The van der Waals surface area contributed by atoms with Crippen LogP contribution in [-0.4, -0.2) is 16.1 Å². The van der Waals surface area contributed by atoms with Gasteiger partial charge in [0.2, 0.25) is 0 Å². The molecule has 0 aliphatic rings. The number of para-hydroxylation sites is 1. The van der Waals surface area contributed by atoms with E-state index < -0.39 is 5.97 Å². The van der Waals surface area contributed by atoms with Gasteiger partial charge in [0.15, 0.2) is 0 Å². The highest BCUT2D eigenvalue weighted by molar-refractivity contribution is 9.10. The molecule has 0 saturated carbocycles. The Balaban J connectivity index is 1.93. The number of benzene rings is 1. The zero-order valence-corrected chi connectivity index (χ0v) is 13.2. The number of nitrogens with one attached hydrogen (secondary N) is 1. The summed E-state index contributed by atoms with van der Waals surface area (Å²) in [4.78, 5) is 17.0. The number of aromatic carboxylic acids is 1. The molecular weight excluding hydrogens is 352 g/mol. The lowest BCUT2D eigenvalue weighted by Gasteiger charge is -2.08. The van der Waals surface area contributed by atoms with E-state index >= 15 is 0 Å². The van der Waals surface area contributed by atoms with Gasteiger partial charge in [-0.05, 0) is 34.1 Å². The van der Waals surface area contributed by atoms with Crippen LogP contribution in [0.15, 0.2) is 46.3 Å². The SMILES string of the molecule is O=C(O)c1cc(NCc2cc(Br)cs2)nc2ccccc12. The third-order valence-electron chi connectivity index (χ3n) is 3.01. The van der Waals surface area contributed by atoms with Crippen molar-refractivity contribution in [3.05, 3.63) is 56.7 Å². The molecular formula is C15H11BrN2O2S. The van der Waals surface area contributed by atoms with Crippen molar-refractivity contribution in [1.82, 2.24) is 4.98 Å². The lowest BCUT2D eigenvalue weighted by Crippen LogP contribution is -2.04. The number of anilines is 1. The van der Waals surface area contributed by atoms with Crippen LogP contribution in [0.1, 0.15) is 15.2 Å². The Morgan fingerprint density at radius 1 is 1.33 bits per heavy atom. The van der Waals surface area contributed by atoms with Gasteiger partial charge in [-0.3, -0.25) is 0 Å². The third kappa shape index (κ3) is 3.06. The average molecular weight is 363 g/mol. The molecule has 2 aromatic heterocycles. The summed E-state index contributed by atoms with van der Waals surface area (Å²) >= 11 is 5.04. The number of aromatic nitrogens is 1. The van der Waals surface area contributed by atoms with E-state index in [9.17, 15) is 9.90 Å². The van der Waals surface area contributed by atoms with Crippen molar-refractivity contribution in [3.63, 3.8) is 0 Å². The normalized spacial score (nSPS) is 10.7. The van der Waals surface area contributed by atoms with Gasteiger partial charge in [-0.15, -0.1) is 11.3 Å². The molecule has 0 saturated heterocycles. The van der Waals surface area contributed by atoms with Crippen molar-refractivity contribution in [3.8, 4) is 0 Å². The molecule has 0 radical (unpaired) electrons. The zero-order valence-electron chi connectivity index (χ0n) is 10.8. The summed E-state index contributed by atoms with van der Waals surface area (Å²) in [5.41, 5.74) is 0.933. The van der Waals surface area contributed by atoms with Gasteiger partial charge in [0.05, 0.1) is 17.6 Å². The van der Waals surface area contributed by atoms with Crippen LogP contribution < -0.4 is 5.32 Å². The van der Waals surface area contributed by atoms with Crippen LogP contribution in [0, 0.1) is 0 Å². The van der Waals surface area contributed by atoms with E-state index in [1.54, 1.807) is 23.5 Å². The van der Waals surface area contributed by atoms with E-state index in [1.807, 2.05) is 29.6 Å². The Morgan fingerprint density at radius 3 is 2.86 bits per heavy atom. The van der Waals surface area contributed by atoms with Crippen LogP contribution in [0.25, 0.3) is 10.9 Å². The first-order chi connectivity index (χ1) is 10.1. The minimum absolute atomic E-state index is 0.260. The number of rotatable bonds is 4. The summed E-state index contributed by atoms with van der Waals surface area (Å²) in [6.45, 7) is 0.612. The van der Waals surface area contributed by atoms with Crippen LogP contribution >= 0.6 is 27.3 Å². The van der Waals surface area contributed by atoms with E-state index in [0.29, 0.717) is 23.3 Å². The van der Waals surface area contributed by atoms with Gasteiger partial charge in [0, 0.05) is 20.1 Å². The number of pyridine rings is 1. The summed E-state index contributed by atoms with van der Waals surface area (Å²) in [7, 11) is 0. The molecule has 2 N–H and O–H groups in total. The first kappa shape index (κ1) is 14.0. The minimum Gasteiger partial charge on any atom is -0.478 e. The topological polar surface area (TPSA) is 62.2 Å². The van der Waals surface area contributed by atoms with E-state index in [0.717, 1.165) is 9.35 Å². The number of carbonyl (C=O) groups is 1. The van der Waals surface area contributed by atoms with Crippen LogP contribution in [0.2, 0.25) is 0 Å². The number of fused-ring (bicyclic) bond motifs is 1. The smallest absolute Gasteiger partial charge is 0.336 e. The van der Waals surface area contributed by atoms with Gasteiger partial charge in [-0.1, -0.05) is 18.2 Å². The number of hydrogen-bond donors (Lipinski definition) is 2. The summed E-state index contributed by atoms with van der Waals surface area (Å²) in [5, 5.41) is 15.2. The number of thiophene rings is 1. The predicted molar refractivity (Wildman–Crippen MR) is 88.0 cm³/mol. The molecule has 2 heterocycles. The second-order valence-electron chi connectivity index (χ2n) is 4.46. The zero-order chi connectivity index (χ0) is 14.8. The number of hydrogen-bond acceptors (Lipinski definition) is 4. The van der Waals surface area contributed by atoms with Crippen molar-refractivity contribution in [1.29, 1.82) is 0 Å². The molecule has 3 aromatic rings. The lowest BCUT2D eigenvalue weighted by atomic mass is 10.1.